The lowest BCUT2D eigenvalue weighted by Crippen LogP contribution is -2.40. The fourth-order valence-electron chi connectivity index (χ4n) is 3.23. The number of carbonyl (C=O) groups excluding carboxylic acids is 1. The minimum Gasteiger partial charge on any atom is -0.454 e. The lowest BCUT2D eigenvalue weighted by atomic mass is 10.1. The summed E-state index contributed by atoms with van der Waals surface area (Å²) >= 11 is 0. The molecule has 1 atom stereocenters. The van der Waals surface area contributed by atoms with Crippen LogP contribution in [0.25, 0.3) is 0 Å². The average molecular weight is 433 g/mol. The van der Waals surface area contributed by atoms with E-state index < -0.39 is 16.0 Å². The topological polar surface area (TPSA) is 76.2 Å². The average Bonchev–Trinajstić information content (AvgIpc) is 2.77. The number of rotatable bonds is 8. The monoisotopic (exact) mass is 432 g/mol. The van der Waals surface area contributed by atoms with E-state index in [4.69, 9.17) is 9.47 Å². The number of hydrogen-bond acceptors (Lipinski definition) is 6. The van der Waals surface area contributed by atoms with E-state index in [1.54, 1.807) is 0 Å². The Labute approximate surface area is 178 Å². The van der Waals surface area contributed by atoms with E-state index in [0.717, 1.165) is 12.1 Å². The number of hydrogen-bond donors (Lipinski definition) is 0. The maximum absolute atomic E-state index is 12.7. The first-order chi connectivity index (χ1) is 14.4. The van der Waals surface area contributed by atoms with Gasteiger partial charge in [-0.1, -0.05) is 30.3 Å². The molecule has 0 bridgehead atoms. The quantitative estimate of drug-likeness (QED) is 0.597. The molecule has 0 aliphatic carbocycles. The Morgan fingerprint density at radius 3 is 2.30 bits per heavy atom. The van der Waals surface area contributed by atoms with Gasteiger partial charge >= 0.3 is 5.97 Å². The molecule has 0 amide bonds. The lowest BCUT2D eigenvalue weighted by molar-refractivity contribution is 0.0261. The first-order valence-corrected chi connectivity index (χ1v) is 11.4. The van der Waals surface area contributed by atoms with Crippen LogP contribution in [-0.2, 0) is 19.5 Å². The van der Waals surface area contributed by atoms with Crippen LogP contribution in [0.15, 0.2) is 59.5 Å². The Morgan fingerprint density at radius 1 is 1.07 bits per heavy atom. The van der Waals surface area contributed by atoms with Crippen molar-refractivity contribution in [2.24, 2.45) is 0 Å². The SMILES string of the molecule is CN(C)CC[C@@H](OC(=O)c1ccc(S(=O)(=O)N2CCOCC2)cc1)c1ccccc1. The maximum atomic E-state index is 12.7. The molecular formula is C22H28N2O5S. The normalized spacial score (nSPS) is 16.4. The molecule has 162 valence electrons. The maximum Gasteiger partial charge on any atom is 0.338 e. The Balaban J connectivity index is 1.72. The summed E-state index contributed by atoms with van der Waals surface area (Å²) in [5.74, 6) is -0.474. The number of esters is 1. The fraction of sp³-hybridized carbons (Fsp3) is 0.409. The highest BCUT2D eigenvalue weighted by molar-refractivity contribution is 7.89. The van der Waals surface area contributed by atoms with Gasteiger partial charge < -0.3 is 14.4 Å². The van der Waals surface area contributed by atoms with Gasteiger partial charge in [-0.05, 0) is 43.9 Å². The highest BCUT2D eigenvalue weighted by Gasteiger charge is 2.26. The standard InChI is InChI=1S/C22H28N2O5S/c1-23(2)13-12-21(18-6-4-3-5-7-18)29-22(25)19-8-10-20(11-9-19)30(26,27)24-14-16-28-17-15-24/h3-11,21H,12-17H2,1-2H3/t21-/m1/s1. The summed E-state index contributed by atoms with van der Waals surface area (Å²) in [5.41, 5.74) is 1.25. The Kier molecular flexibility index (Phi) is 7.60. The molecule has 1 aliphatic rings. The van der Waals surface area contributed by atoms with Crippen LogP contribution < -0.4 is 0 Å². The molecule has 8 heteroatoms. The minimum absolute atomic E-state index is 0.160. The number of nitrogens with zero attached hydrogens (tertiary/aromatic N) is 2. The summed E-state index contributed by atoms with van der Waals surface area (Å²) < 4.78 is 37.9. The lowest BCUT2D eigenvalue weighted by Gasteiger charge is -2.26. The van der Waals surface area contributed by atoms with Gasteiger partial charge in [0.2, 0.25) is 10.0 Å². The highest BCUT2D eigenvalue weighted by Crippen LogP contribution is 2.24. The van der Waals surface area contributed by atoms with Gasteiger partial charge in [-0.25, -0.2) is 13.2 Å². The van der Waals surface area contributed by atoms with E-state index in [2.05, 4.69) is 0 Å². The summed E-state index contributed by atoms with van der Waals surface area (Å²) in [6.45, 7) is 2.20. The van der Waals surface area contributed by atoms with E-state index in [-0.39, 0.29) is 11.0 Å². The van der Waals surface area contributed by atoms with Gasteiger partial charge in [0, 0.05) is 26.1 Å². The smallest absolute Gasteiger partial charge is 0.338 e. The van der Waals surface area contributed by atoms with Crippen LogP contribution >= 0.6 is 0 Å². The molecule has 0 unspecified atom stereocenters. The predicted octanol–water partition coefficient (Wildman–Crippen LogP) is 2.56. The van der Waals surface area contributed by atoms with Crippen molar-refractivity contribution in [2.75, 3.05) is 46.9 Å². The van der Waals surface area contributed by atoms with Crippen LogP contribution in [0.4, 0.5) is 0 Å². The van der Waals surface area contributed by atoms with Gasteiger partial charge in [0.05, 0.1) is 23.7 Å². The second-order valence-electron chi connectivity index (χ2n) is 7.44. The van der Waals surface area contributed by atoms with Gasteiger partial charge in [0.1, 0.15) is 6.10 Å². The number of benzene rings is 2. The van der Waals surface area contributed by atoms with Crippen LogP contribution in [0, 0.1) is 0 Å². The molecule has 30 heavy (non-hydrogen) atoms. The molecular weight excluding hydrogens is 404 g/mol. The molecule has 7 nitrogen and oxygen atoms in total. The van der Waals surface area contributed by atoms with Crippen molar-refractivity contribution in [3.63, 3.8) is 0 Å². The number of morpholine rings is 1. The third-order valence-corrected chi connectivity index (χ3v) is 6.87. The molecule has 1 fully saturated rings. The molecule has 0 aromatic heterocycles. The largest absolute Gasteiger partial charge is 0.454 e. The van der Waals surface area contributed by atoms with E-state index in [0.29, 0.717) is 38.3 Å². The summed E-state index contributed by atoms with van der Waals surface area (Å²) in [5, 5.41) is 0. The minimum atomic E-state index is -3.59. The summed E-state index contributed by atoms with van der Waals surface area (Å²) in [4.78, 5) is 14.9. The van der Waals surface area contributed by atoms with Gasteiger partial charge in [-0.3, -0.25) is 0 Å². The molecule has 0 spiro atoms. The van der Waals surface area contributed by atoms with Crippen LogP contribution in [0.3, 0.4) is 0 Å². The van der Waals surface area contributed by atoms with Crippen molar-refractivity contribution < 1.29 is 22.7 Å². The van der Waals surface area contributed by atoms with Crippen LogP contribution in [0.1, 0.15) is 28.4 Å². The summed E-state index contributed by atoms with van der Waals surface area (Å²) in [6.07, 6.45) is 0.282. The first kappa shape index (κ1) is 22.4. The van der Waals surface area contributed by atoms with Crippen LogP contribution in [-0.4, -0.2) is 70.5 Å². The van der Waals surface area contributed by atoms with Crippen molar-refractivity contribution in [2.45, 2.75) is 17.4 Å². The van der Waals surface area contributed by atoms with E-state index in [1.165, 1.54) is 28.6 Å². The zero-order chi connectivity index (χ0) is 21.6. The zero-order valence-electron chi connectivity index (χ0n) is 17.4. The Hall–Kier alpha value is -2.26. The van der Waals surface area contributed by atoms with Crippen LogP contribution in [0.2, 0.25) is 0 Å². The number of ether oxygens (including phenoxy) is 2. The Bertz CT molecular complexity index is 924. The molecule has 0 N–H and O–H groups in total. The fourth-order valence-corrected chi connectivity index (χ4v) is 4.64. The molecule has 3 rings (SSSR count). The summed E-state index contributed by atoms with van der Waals surface area (Å²) in [6, 6.07) is 15.5. The Morgan fingerprint density at radius 2 is 1.70 bits per heavy atom. The molecule has 2 aromatic rings. The zero-order valence-corrected chi connectivity index (χ0v) is 18.2. The van der Waals surface area contributed by atoms with Gasteiger partial charge in [0.15, 0.2) is 0 Å². The van der Waals surface area contributed by atoms with Gasteiger partial charge in [0.25, 0.3) is 0 Å². The van der Waals surface area contributed by atoms with E-state index in [1.807, 2.05) is 49.3 Å². The molecule has 1 aliphatic heterocycles. The molecule has 1 saturated heterocycles. The molecule has 0 radical (unpaired) electrons. The van der Waals surface area contributed by atoms with Crippen molar-refractivity contribution in [3.8, 4) is 0 Å². The molecule has 0 saturated carbocycles. The third-order valence-electron chi connectivity index (χ3n) is 4.96. The van der Waals surface area contributed by atoms with Gasteiger partial charge in [-0.2, -0.15) is 4.31 Å². The van der Waals surface area contributed by atoms with E-state index >= 15 is 0 Å². The van der Waals surface area contributed by atoms with E-state index in [9.17, 15) is 13.2 Å². The van der Waals surface area contributed by atoms with Crippen molar-refractivity contribution in [3.05, 3.63) is 65.7 Å². The predicted molar refractivity (Wildman–Crippen MR) is 114 cm³/mol. The van der Waals surface area contributed by atoms with Crippen molar-refractivity contribution in [1.29, 1.82) is 0 Å². The number of sulfonamides is 1. The first-order valence-electron chi connectivity index (χ1n) is 9.96. The number of carbonyl (C=O) groups is 1. The second kappa shape index (κ2) is 10.2. The summed E-state index contributed by atoms with van der Waals surface area (Å²) in [7, 11) is 0.347. The molecule has 1 heterocycles. The third kappa shape index (κ3) is 5.66. The molecule has 2 aromatic carbocycles. The van der Waals surface area contributed by atoms with Crippen molar-refractivity contribution >= 4 is 16.0 Å². The second-order valence-corrected chi connectivity index (χ2v) is 9.38. The van der Waals surface area contributed by atoms with Gasteiger partial charge in [-0.15, -0.1) is 0 Å². The van der Waals surface area contributed by atoms with Crippen molar-refractivity contribution in [1.82, 2.24) is 9.21 Å². The van der Waals surface area contributed by atoms with Crippen LogP contribution in [0.5, 0.6) is 0 Å². The highest BCUT2D eigenvalue weighted by atomic mass is 32.2.